The molecule has 0 saturated heterocycles. The fourth-order valence-electron chi connectivity index (χ4n) is 0.886. The zero-order valence-electron chi connectivity index (χ0n) is 6.03. The van der Waals surface area contributed by atoms with Gasteiger partial charge in [-0.15, -0.1) is 0 Å². The van der Waals surface area contributed by atoms with Crippen molar-refractivity contribution < 1.29 is 4.42 Å². The van der Waals surface area contributed by atoms with Crippen molar-refractivity contribution in [2.24, 2.45) is 0 Å². The van der Waals surface area contributed by atoms with Crippen molar-refractivity contribution >= 4 is 0 Å². The first kappa shape index (κ1) is 6.15. The van der Waals surface area contributed by atoms with Crippen LogP contribution in [0.2, 0.25) is 0 Å². The number of hydrogen-bond donors (Lipinski definition) is 1. The molecule has 0 aliphatic rings. The average Bonchev–Trinajstić information content (AvgIpc) is 2.55. The van der Waals surface area contributed by atoms with Crippen LogP contribution in [0.15, 0.2) is 22.9 Å². The summed E-state index contributed by atoms with van der Waals surface area (Å²) in [4.78, 5) is 3.94. The van der Waals surface area contributed by atoms with Gasteiger partial charge < -0.3 is 4.42 Å². The zero-order chi connectivity index (χ0) is 7.68. The van der Waals surface area contributed by atoms with Crippen LogP contribution in [0.25, 0.3) is 11.6 Å². The van der Waals surface area contributed by atoms with Crippen molar-refractivity contribution in [2.75, 3.05) is 0 Å². The SMILES string of the molecule is Cc1ccc(-c2ncn[nH]2)o1. The summed E-state index contributed by atoms with van der Waals surface area (Å²) in [5.41, 5.74) is 0. The summed E-state index contributed by atoms with van der Waals surface area (Å²) in [6.07, 6.45) is 1.45. The number of furan rings is 1. The second kappa shape index (κ2) is 2.23. The maximum atomic E-state index is 5.29. The van der Waals surface area contributed by atoms with E-state index in [9.17, 15) is 0 Å². The molecule has 0 unspecified atom stereocenters. The van der Waals surface area contributed by atoms with Crippen LogP contribution in [-0.4, -0.2) is 15.2 Å². The lowest BCUT2D eigenvalue weighted by Crippen LogP contribution is -1.74. The fraction of sp³-hybridized carbons (Fsp3) is 0.143. The Bertz CT molecular complexity index is 336. The third kappa shape index (κ3) is 1.02. The molecule has 1 N–H and O–H groups in total. The van der Waals surface area contributed by atoms with E-state index in [-0.39, 0.29) is 0 Å². The fourth-order valence-corrected chi connectivity index (χ4v) is 0.886. The molecule has 4 heteroatoms. The summed E-state index contributed by atoms with van der Waals surface area (Å²) in [7, 11) is 0. The van der Waals surface area contributed by atoms with Gasteiger partial charge in [0.2, 0.25) is 0 Å². The summed E-state index contributed by atoms with van der Waals surface area (Å²) in [5.74, 6) is 2.26. The van der Waals surface area contributed by atoms with Crippen LogP contribution in [0.4, 0.5) is 0 Å². The number of rotatable bonds is 1. The van der Waals surface area contributed by atoms with Gasteiger partial charge in [-0.2, -0.15) is 5.10 Å². The molecule has 0 aliphatic carbocycles. The van der Waals surface area contributed by atoms with E-state index in [0.29, 0.717) is 5.82 Å². The van der Waals surface area contributed by atoms with Crippen LogP contribution < -0.4 is 0 Å². The van der Waals surface area contributed by atoms with Gasteiger partial charge in [0.1, 0.15) is 12.1 Å². The molecular weight excluding hydrogens is 142 g/mol. The molecule has 0 aromatic carbocycles. The van der Waals surface area contributed by atoms with Crippen molar-refractivity contribution in [1.82, 2.24) is 15.2 Å². The quantitative estimate of drug-likeness (QED) is 0.666. The predicted octanol–water partition coefficient (Wildman–Crippen LogP) is 1.37. The molecule has 0 atom stereocenters. The van der Waals surface area contributed by atoms with Crippen LogP contribution in [0.1, 0.15) is 5.76 Å². The van der Waals surface area contributed by atoms with Gasteiger partial charge in [0.05, 0.1) is 0 Å². The Morgan fingerprint density at radius 1 is 1.45 bits per heavy atom. The van der Waals surface area contributed by atoms with Crippen molar-refractivity contribution in [1.29, 1.82) is 0 Å². The second-order valence-electron chi connectivity index (χ2n) is 2.24. The van der Waals surface area contributed by atoms with E-state index >= 15 is 0 Å². The number of aromatic nitrogens is 3. The van der Waals surface area contributed by atoms with Gasteiger partial charge in [0, 0.05) is 0 Å². The Labute approximate surface area is 63.3 Å². The van der Waals surface area contributed by atoms with Crippen molar-refractivity contribution in [3.63, 3.8) is 0 Å². The number of aryl methyl sites for hydroxylation is 1. The minimum Gasteiger partial charge on any atom is -0.458 e. The predicted molar refractivity (Wildman–Crippen MR) is 38.8 cm³/mol. The summed E-state index contributed by atoms with van der Waals surface area (Å²) < 4.78 is 5.29. The highest BCUT2D eigenvalue weighted by atomic mass is 16.3. The number of H-pyrrole nitrogens is 1. The van der Waals surface area contributed by atoms with Gasteiger partial charge in [-0.3, -0.25) is 5.10 Å². The highest BCUT2D eigenvalue weighted by Crippen LogP contribution is 2.15. The smallest absolute Gasteiger partial charge is 0.191 e. The van der Waals surface area contributed by atoms with Crippen LogP contribution >= 0.6 is 0 Å². The lowest BCUT2D eigenvalue weighted by molar-refractivity contribution is 0.544. The van der Waals surface area contributed by atoms with Gasteiger partial charge in [-0.25, -0.2) is 4.98 Å². The highest BCUT2D eigenvalue weighted by molar-refractivity contribution is 5.45. The molecule has 0 aliphatic heterocycles. The molecule has 56 valence electrons. The first-order chi connectivity index (χ1) is 5.36. The zero-order valence-corrected chi connectivity index (χ0v) is 6.03. The van der Waals surface area contributed by atoms with Crippen molar-refractivity contribution in [3.8, 4) is 11.6 Å². The van der Waals surface area contributed by atoms with E-state index in [2.05, 4.69) is 15.2 Å². The Morgan fingerprint density at radius 3 is 2.91 bits per heavy atom. The Morgan fingerprint density at radius 2 is 2.36 bits per heavy atom. The van der Waals surface area contributed by atoms with Crippen molar-refractivity contribution in [2.45, 2.75) is 6.92 Å². The van der Waals surface area contributed by atoms with Crippen LogP contribution in [0, 0.1) is 6.92 Å². The first-order valence-electron chi connectivity index (χ1n) is 3.28. The molecule has 2 aromatic rings. The topological polar surface area (TPSA) is 54.7 Å². The van der Waals surface area contributed by atoms with Gasteiger partial charge >= 0.3 is 0 Å². The third-order valence-corrected chi connectivity index (χ3v) is 1.39. The van der Waals surface area contributed by atoms with E-state index in [4.69, 9.17) is 4.42 Å². The lowest BCUT2D eigenvalue weighted by atomic mass is 10.4. The number of nitrogens with zero attached hydrogens (tertiary/aromatic N) is 2. The minimum absolute atomic E-state index is 0.665. The molecule has 2 heterocycles. The maximum Gasteiger partial charge on any atom is 0.191 e. The molecule has 0 bridgehead atoms. The Kier molecular flexibility index (Phi) is 1.25. The molecule has 0 fully saturated rings. The van der Waals surface area contributed by atoms with E-state index in [1.807, 2.05) is 19.1 Å². The van der Waals surface area contributed by atoms with Crippen LogP contribution in [-0.2, 0) is 0 Å². The molecule has 11 heavy (non-hydrogen) atoms. The number of nitrogens with one attached hydrogen (secondary N) is 1. The molecule has 2 aromatic heterocycles. The summed E-state index contributed by atoms with van der Waals surface area (Å²) in [5, 5.41) is 6.42. The van der Waals surface area contributed by atoms with Crippen LogP contribution in [0.3, 0.4) is 0 Å². The molecule has 4 nitrogen and oxygen atoms in total. The van der Waals surface area contributed by atoms with E-state index in [1.165, 1.54) is 6.33 Å². The van der Waals surface area contributed by atoms with Gasteiger partial charge in [0.25, 0.3) is 0 Å². The molecular formula is C7H7N3O. The van der Waals surface area contributed by atoms with Gasteiger partial charge in [-0.05, 0) is 19.1 Å². The molecule has 0 saturated carbocycles. The summed E-state index contributed by atoms with van der Waals surface area (Å²) in [6, 6.07) is 3.74. The summed E-state index contributed by atoms with van der Waals surface area (Å²) in [6.45, 7) is 1.89. The normalized spacial score (nSPS) is 10.3. The minimum atomic E-state index is 0.665. The Balaban J connectivity index is 2.45. The monoisotopic (exact) mass is 149 g/mol. The average molecular weight is 149 g/mol. The van der Waals surface area contributed by atoms with E-state index in [1.54, 1.807) is 0 Å². The summed E-state index contributed by atoms with van der Waals surface area (Å²) >= 11 is 0. The molecule has 0 amide bonds. The standard InChI is InChI=1S/C7H7N3O/c1-5-2-3-6(11-5)7-8-4-9-10-7/h2-4H,1H3,(H,8,9,10). The second-order valence-corrected chi connectivity index (χ2v) is 2.24. The third-order valence-electron chi connectivity index (χ3n) is 1.39. The van der Waals surface area contributed by atoms with E-state index in [0.717, 1.165) is 11.5 Å². The Hall–Kier alpha value is -1.58. The molecule has 2 rings (SSSR count). The van der Waals surface area contributed by atoms with Gasteiger partial charge in [-0.1, -0.05) is 0 Å². The molecule has 0 radical (unpaired) electrons. The van der Waals surface area contributed by atoms with E-state index < -0.39 is 0 Å². The first-order valence-corrected chi connectivity index (χ1v) is 3.28. The number of hydrogen-bond acceptors (Lipinski definition) is 3. The van der Waals surface area contributed by atoms with Crippen molar-refractivity contribution in [3.05, 3.63) is 24.2 Å². The maximum absolute atomic E-state index is 5.29. The highest BCUT2D eigenvalue weighted by Gasteiger charge is 2.03. The van der Waals surface area contributed by atoms with Gasteiger partial charge in [0.15, 0.2) is 11.6 Å². The number of aromatic amines is 1. The molecule has 0 spiro atoms. The largest absolute Gasteiger partial charge is 0.458 e. The lowest BCUT2D eigenvalue weighted by Gasteiger charge is -1.85. The van der Waals surface area contributed by atoms with Crippen LogP contribution in [0.5, 0.6) is 0 Å².